The molecule has 8 N–H and O–H groups in total. The van der Waals surface area contributed by atoms with Gasteiger partial charge in [0.2, 0.25) is 6.29 Å². The van der Waals surface area contributed by atoms with Crippen molar-refractivity contribution in [3.63, 3.8) is 0 Å². The molecule has 0 aromatic heterocycles. The summed E-state index contributed by atoms with van der Waals surface area (Å²) < 4.78 is 27.6. The van der Waals surface area contributed by atoms with E-state index in [9.17, 15) is 35.4 Å². The molecule has 2 saturated heterocycles. The van der Waals surface area contributed by atoms with E-state index in [1.54, 1.807) is 12.1 Å². The summed E-state index contributed by atoms with van der Waals surface area (Å²) in [5.41, 5.74) is 4.82. The fourth-order valence-electron chi connectivity index (χ4n) is 4.05. The van der Waals surface area contributed by atoms with Gasteiger partial charge in [0.1, 0.15) is 36.8 Å². The van der Waals surface area contributed by atoms with Gasteiger partial charge in [-0.3, -0.25) is 0 Å². The summed E-state index contributed by atoms with van der Waals surface area (Å²) in [7, 11) is 0. The standard InChI is InChI=1S/C25H31NO12/c26-15-5-3-14(4-6-15)22(32)34-11-25(33)12-35-24(21(25)31)38-20-19(30)18(29)17(10-28)37-23(20)36-16-7-1-13(9-27)2-8-16/h1-8,17-21,23-24,27-31,33H,9-12,26H2. The molecule has 0 amide bonds. The van der Waals surface area contributed by atoms with E-state index in [1.165, 1.54) is 36.4 Å². The first-order valence-electron chi connectivity index (χ1n) is 11.8. The number of aliphatic hydroxyl groups excluding tert-OH is 5. The number of ether oxygens (including phenoxy) is 5. The van der Waals surface area contributed by atoms with Crippen LogP contribution in [0.4, 0.5) is 5.69 Å². The highest BCUT2D eigenvalue weighted by atomic mass is 16.8. The first-order valence-corrected chi connectivity index (χ1v) is 11.8. The van der Waals surface area contributed by atoms with Crippen molar-refractivity contribution in [3.05, 3.63) is 59.7 Å². The molecule has 0 radical (unpaired) electrons. The molecule has 0 spiro atoms. The summed E-state index contributed by atoms with van der Waals surface area (Å²) in [5, 5.41) is 61.4. The topological polar surface area (TPSA) is 211 Å². The molecule has 208 valence electrons. The van der Waals surface area contributed by atoms with E-state index in [4.69, 9.17) is 29.4 Å². The monoisotopic (exact) mass is 537 g/mol. The van der Waals surface area contributed by atoms with Gasteiger partial charge in [0, 0.05) is 5.69 Å². The first kappa shape index (κ1) is 28.2. The highest BCUT2D eigenvalue weighted by Gasteiger charge is 2.54. The Morgan fingerprint density at radius 1 is 1.00 bits per heavy atom. The molecule has 4 rings (SSSR count). The van der Waals surface area contributed by atoms with E-state index in [-0.39, 0.29) is 17.9 Å². The molecule has 0 saturated carbocycles. The van der Waals surface area contributed by atoms with Crippen LogP contribution in [0.2, 0.25) is 0 Å². The van der Waals surface area contributed by atoms with E-state index in [1.807, 2.05) is 0 Å². The fourth-order valence-corrected chi connectivity index (χ4v) is 4.05. The summed E-state index contributed by atoms with van der Waals surface area (Å²) in [6.07, 6.45) is -10.5. The van der Waals surface area contributed by atoms with Gasteiger partial charge in [0.25, 0.3) is 0 Å². The fraction of sp³-hybridized carbons (Fsp3) is 0.480. The average molecular weight is 538 g/mol. The van der Waals surface area contributed by atoms with Crippen LogP contribution in [0.5, 0.6) is 5.75 Å². The molecule has 8 atom stereocenters. The van der Waals surface area contributed by atoms with Crippen LogP contribution in [0.3, 0.4) is 0 Å². The lowest BCUT2D eigenvalue weighted by Crippen LogP contribution is -2.62. The van der Waals surface area contributed by atoms with Gasteiger partial charge in [0.05, 0.1) is 25.4 Å². The minimum absolute atomic E-state index is 0.182. The number of esters is 1. The number of nitrogen functional groups attached to an aromatic ring is 1. The highest BCUT2D eigenvalue weighted by Crippen LogP contribution is 2.32. The summed E-state index contributed by atoms with van der Waals surface area (Å²) in [6.45, 7) is -1.92. The van der Waals surface area contributed by atoms with E-state index in [0.29, 0.717) is 11.3 Å². The highest BCUT2D eigenvalue weighted by molar-refractivity contribution is 5.89. The molecule has 13 heteroatoms. The van der Waals surface area contributed by atoms with Crippen molar-refractivity contribution >= 4 is 11.7 Å². The van der Waals surface area contributed by atoms with Gasteiger partial charge < -0.3 is 60.1 Å². The SMILES string of the molecule is Nc1ccc(C(=O)OCC2(O)COC(OC3C(Oc4ccc(CO)cc4)OC(CO)C(O)C3O)C2O)cc1. The predicted molar refractivity (Wildman–Crippen MR) is 127 cm³/mol. The van der Waals surface area contributed by atoms with Gasteiger partial charge in [-0.25, -0.2) is 4.79 Å². The Kier molecular flexibility index (Phi) is 8.82. The largest absolute Gasteiger partial charge is 0.462 e. The van der Waals surface area contributed by atoms with Gasteiger partial charge in [-0.05, 0) is 42.0 Å². The molecule has 13 nitrogen and oxygen atoms in total. The molecule has 0 bridgehead atoms. The van der Waals surface area contributed by atoms with Crippen molar-refractivity contribution in [2.75, 3.05) is 25.6 Å². The Morgan fingerprint density at radius 3 is 2.32 bits per heavy atom. The molecule has 2 aliphatic rings. The van der Waals surface area contributed by atoms with Gasteiger partial charge in [0.15, 0.2) is 18.0 Å². The maximum absolute atomic E-state index is 12.3. The van der Waals surface area contributed by atoms with Crippen molar-refractivity contribution < 1.29 is 59.1 Å². The van der Waals surface area contributed by atoms with E-state index >= 15 is 0 Å². The Labute approximate surface area is 217 Å². The summed E-state index contributed by atoms with van der Waals surface area (Å²) in [6, 6.07) is 12.2. The molecular weight excluding hydrogens is 506 g/mol. The third-order valence-corrected chi connectivity index (χ3v) is 6.38. The lowest BCUT2D eigenvalue weighted by molar-refractivity contribution is -0.318. The zero-order chi connectivity index (χ0) is 27.4. The van der Waals surface area contributed by atoms with Crippen LogP contribution in [-0.2, 0) is 25.6 Å². The summed E-state index contributed by atoms with van der Waals surface area (Å²) >= 11 is 0. The van der Waals surface area contributed by atoms with Crippen LogP contribution in [0.15, 0.2) is 48.5 Å². The van der Waals surface area contributed by atoms with Crippen LogP contribution < -0.4 is 10.5 Å². The zero-order valence-corrected chi connectivity index (χ0v) is 20.2. The van der Waals surface area contributed by atoms with Crippen molar-refractivity contribution in [2.24, 2.45) is 0 Å². The number of carbonyl (C=O) groups is 1. The van der Waals surface area contributed by atoms with E-state index < -0.39 is 74.5 Å². The van der Waals surface area contributed by atoms with Crippen molar-refractivity contribution in [3.8, 4) is 5.75 Å². The maximum Gasteiger partial charge on any atom is 0.338 e. The Morgan fingerprint density at radius 2 is 1.68 bits per heavy atom. The number of benzene rings is 2. The molecule has 2 aliphatic heterocycles. The molecule has 2 heterocycles. The molecule has 0 aliphatic carbocycles. The number of carbonyl (C=O) groups excluding carboxylic acids is 1. The normalized spacial score (nSPS) is 33.2. The Balaban J connectivity index is 1.43. The number of nitrogens with two attached hydrogens (primary N) is 1. The second kappa shape index (κ2) is 11.9. The van der Waals surface area contributed by atoms with Gasteiger partial charge in [-0.15, -0.1) is 0 Å². The minimum Gasteiger partial charge on any atom is -0.462 e. The van der Waals surface area contributed by atoms with Gasteiger partial charge >= 0.3 is 5.97 Å². The van der Waals surface area contributed by atoms with Crippen molar-refractivity contribution in [2.45, 2.75) is 55.3 Å². The third kappa shape index (κ3) is 6.07. The van der Waals surface area contributed by atoms with Crippen molar-refractivity contribution in [1.29, 1.82) is 0 Å². The van der Waals surface area contributed by atoms with Crippen LogP contribution in [-0.4, -0.2) is 105 Å². The molecule has 2 fully saturated rings. The summed E-state index contributed by atoms with van der Waals surface area (Å²) in [4.78, 5) is 12.3. The number of hydrogen-bond acceptors (Lipinski definition) is 13. The molecule has 8 unspecified atom stereocenters. The average Bonchev–Trinajstić information content (AvgIpc) is 3.21. The number of rotatable bonds is 9. The van der Waals surface area contributed by atoms with Crippen molar-refractivity contribution in [1.82, 2.24) is 0 Å². The van der Waals surface area contributed by atoms with Gasteiger partial charge in [-0.1, -0.05) is 12.1 Å². The van der Waals surface area contributed by atoms with Gasteiger partial charge in [-0.2, -0.15) is 0 Å². The first-order chi connectivity index (χ1) is 18.1. The number of anilines is 1. The zero-order valence-electron chi connectivity index (χ0n) is 20.2. The molecular formula is C25H31NO12. The molecule has 2 aromatic carbocycles. The Hall–Kier alpha value is -2.85. The van der Waals surface area contributed by atoms with Crippen LogP contribution >= 0.6 is 0 Å². The number of hydrogen-bond donors (Lipinski definition) is 7. The lowest BCUT2D eigenvalue weighted by atomic mass is 9.98. The molecule has 2 aromatic rings. The van der Waals surface area contributed by atoms with E-state index in [2.05, 4.69) is 0 Å². The maximum atomic E-state index is 12.3. The second-order valence-corrected chi connectivity index (χ2v) is 9.15. The van der Waals surface area contributed by atoms with Crippen LogP contribution in [0.1, 0.15) is 15.9 Å². The smallest absolute Gasteiger partial charge is 0.338 e. The second-order valence-electron chi connectivity index (χ2n) is 9.15. The van der Waals surface area contributed by atoms with E-state index in [0.717, 1.165) is 0 Å². The van der Waals surface area contributed by atoms with Crippen LogP contribution in [0, 0.1) is 0 Å². The van der Waals surface area contributed by atoms with Crippen LogP contribution in [0.25, 0.3) is 0 Å². The summed E-state index contributed by atoms with van der Waals surface area (Å²) in [5.74, 6) is -0.495. The quantitative estimate of drug-likeness (QED) is 0.140. The Bertz CT molecular complexity index is 1070. The lowest BCUT2D eigenvalue weighted by Gasteiger charge is -2.42. The number of aliphatic hydroxyl groups is 6. The predicted octanol–water partition coefficient (Wildman–Crippen LogP) is -1.73. The molecule has 38 heavy (non-hydrogen) atoms. The third-order valence-electron chi connectivity index (χ3n) is 6.38. The minimum atomic E-state index is -2.04.